The summed E-state index contributed by atoms with van der Waals surface area (Å²) in [5.41, 5.74) is 10.4. The Morgan fingerprint density at radius 2 is 1.83 bits per heavy atom. The highest BCUT2D eigenvalue weighted by Crippen LogP contribution is 2.18. The molecule has 0 aliphatic heterocycles. The average Bonchev–Trinajstić information content (AvgIpc) is 2.35. The fourth-order valence-electron chi connectivity index (χ4n) is 1.96. The first kappa shape index (κ1) is 12.6. The number of nitrogens with two attached hydrogens (primary N) is 1. The van der Waals surface area contributed by atoms with Gasteiger partial charge in [0, 0.05) is 11.3 Å². The second kappa shape index (κ2) is 5.19. The van der Waals surface area contributed by atoms with Gasteiger partial charge in [-0.25, -0.2) is 0 Å². The molecule has 0 atom stereocenters. The van der Waals surface area contributed by atoms with Crippen molar-refractivity contribution < 1.29 is 0 Å². The summed E-state index contributed by atoms with van der Waals surface area (Å²) in [7, 11) is 0. The van der Waals surface area contributed by atoms with E-state index in [0.717, 1.165) is 28.8 Å². The predicted octanol–water partition coefficient (Wildman–Crippen LogP) is 2.16. The van der Waals surface area contributed by atoms with Crippen molar-refractivity contribution in [1.82, 2.24) is 4.98 Å². The zero-order valence-corrected chi connectivity index (χ0v) is 10.8. The molecule has 1 aromatic heterocycles. The van der Waals surface area contributed by atoms with Crippen LogP contribution < -0.4 is 11.3 Å². The molecule has 2 rings (SSSR count). The number of hydrogen-bond acceptors (Lipinski definition) is 2. The van der Waals surface area contributed by atoms with E-state index in [1.807, 2.05) is 44.2 Å². The van der Waals surface area contributed by atoms with Gasteiger partial charge in [0.2, 0.25) is 0 Å². The van der Waals surface area contributed by atoms with Crippen molar-refractivity contribution in [3.05, 3.63) is 57.5 Å². The van der Waals surface area contributed by atoms with Crippen molar-refractivity contribution in [3.8, 4) is 11.1 Å². The van der Waals surface area contributed by atoms with Crippen molar-refractivity contribution in [2.75, 3.05) is 6.54 Å². The second-order valence-electron chi connectivity index (χ2n) is 4.56. The lowest BCUT2D eigenvalue weighted by Gasteiger charge is -2.06. The average molecular weight is 242 g/mol. The summed E-state index contributed by atoms with van der Waals surface area (Å²) in [4.78, 5) is 14.8. The Balaban J connectivity index is 2.42. The lowest BCUT2D eigenvalue weighted by atomic mass is 10.0. The number of benzene rings is 1. The Morgan fingerprint density at radius 3 is 2.44 bits per heavy atom. The molecule has 0 aliphatic carbocycles. The van der Waals surface area contributed by atoms with E-state index >= 15 is 0 Å². The van der Waals surface area contributed by atoms with Gasteiger partial charge >= 0.3 is 0 Å². The minimum absolute atomic E-state index is 0.0373. The third kappa shape index (κ3) is 2.51. The first-order chi connectivity index (χ1) is 8.61. The summed E-state index contributed by atoms with van der Waals surface area (Å²) in [5, 5.41) is 0. The zero-order chi connectivity index (χ0) is 13.1. The van der Waals surface area contributed by atoms with Gasteiger partial charge in [-0.15, -0.1) is 0 Å². The van der Waals surface area contributed by atoms with E-state index in [-0.39, 0.29) is 5.56 Å². The van der Waals surface area contributed by atoms with Crippen LogP contribution in [0.2, 0.25) is 0 Å². The SMILES string of the molecule is Cc1cc(-c2ccc(CCN)cc2)c(=O)[nH]c1C. The van der Waals surface area contributed by atoms with Gasteiger partial charge in [0.25, 0.3) is 5.56 Å². The topological polar surface area (TPSA) is 58.9 Å². The molecule has 0 saturated heterocycles. The zero-order valence-electron chi connectivity index (χ0n) is 10.8. The number of hydrogen-bond donors (Lipinski definition) is 2. The van der Waals surface area contributed by atoms with Crippen molar-refractivity contribution in [2.45, 2.75) is 20.3 Å². The van der Waals surface area contributed by atoms with Gasteiger partial charge in [0.05, 0.1) is 0 Å². The number of aromatic amines is 1. The summed E-state index contributed by atoms with van der Waals surface area (Å²) in [6.45, 7) is 4.55. The maximum Gasteiger partial charge on any atom is 0.256 e. The Bertz CT molecular complexity index is 597. The van der Waals surface area contributed by atoms with Crippen LogP contribution >= 0.6 is 0 Å². The molecule has 0 saturated carbocycles. The first-order valence-corrected chi connectivity index (χ1v) is 6.11. The van der Waals surface area contributed by atoms with E-state index in [0.29, 0.717) is 6.54 Å². The fourth-order valence-corrected chi connectivity index (χ4v) is 1.96. The summed E-state index contributed by atoms with van der Waals surface area (Å²) in [6, 6.07) is 9.94. The molecule has 1 heterocycles. The van der Waals surface area contributed by atoms with Crippen LogP contribution in [-0.4, -0.2) is 11.5 Å². The highest BCUT2D eigenvalue weighted by Gasteiger charge is 2.05. The molecule has 0 amide bonds. The third-order valence-corrected chi connectivity index (χ3v) is 3.20. The smallest absolute Gasteiger partial charge is 0.256 e. The van der Waals surface area contributed by atoms with Crippen LogP contribution in [0.5, 0.6) is 0 Å². The molecule has 2 aromatic rings. The Labute approximate surface area is 107 Å². The Kier molecular flexibility index (Phi) is 3.63. The van der Waals surface area contributed by atoms with Gasteiger partial charge in [0.15, 0.2) is 0 Å². The molecule has 3 heteroatoms. The van der Waals surface area contributed by atoms with Gasteiger partial charge < -0.3 is 10.7 Å². The maximum atomic E-state index is 11.9. The van der Waals surface area contributed by atoms with Gasteiger partial charge in [-0.05, 0) is 49.6 Å². The molecule has 0 unspecified atom stereocenters. The van der Waals surface area contributed by atoms with Crippen LogP contribution in [0.3, 0.4) is 0 Å². The van der Waals surface area contributed by atoms with E-state index < -0.39 is 0 Å². The minimum atomic E-state index is -0.0373. The summed E-state index contributed by atoms with van der Waals surface area (Å²) >= 11 is 0. The molecule has 18 heavy (non-hydrogen) atoms. The Hall–Kier alpha value is -1.87. The number of pyridine rings is 1. The number of aromatic nitrogens is 1. The molecular weight excluding hydrogens is 224 g/mol. The predicted molar refractivity (Wildman–Crippen MR) is 74.7 cm³/mol. The molecular formula is C15H18N2O. The van der Waals surface area contributed by atoms with Crippen molar-refractivity contribution in [3.63, 3.8) is 0 Å². The molecule has 0 radical (unpaired) electrons. The van der Waals surface area contributed by atoms with Crippen molar-refractivity contribution >= 4 is 0 Å². The normalized spacial score (nSPS) is 10.6. The van der Waals surface area contributed by atoms with E-state index in [2.05, 4.69) is 4.98 Å². The Morgan fingerprint density at radius 1 is 1.17 bits per heavy atom. The summed E-state index contributed by atoms with van der Waals surface area (Å²) < 4.78 is 0. The monoisotopic (exact) mass is 242 g/mol. The maximum absolute atomic E-state index is 11.9. The molecule has 0 spiro atoms. The van der Waals surface area contributed by atoms with E-state index in [4.69, 9.17) is 5.73 Å². The summed E-state index contributed by atoms with van der Waals surface area (Å²) in [6.07, 6.45) is 0.865. The van der Waals surface area contributed by atoms with E-state index in [9.17, 15) is 4.79 Å². The lowest BCUT2D eigenvalue weighted by molar-refractivity contribution is 0.969. The molecule has 1 aromatic carbocycles. The first-order valence-electron chi connectivity index (χ1n) is 6.11. The van der Waals surface area contributed by atoms with Crippen molar-refractivity contribution in [1.29, 1.82) is 0 Å². The van der Waals surface area contributed by atoms with Crippen LogP contribution in [0.25, 0.3) is 11.1 Å². The molecule has 0 aliphatic rings. The van der Waals surface area contributed by atoms with Crippen LogP contribution in [0.4, 0.5) is 0 Å². The van der Waals surface area contributed by atoms with Crippen LogP contribution in [0.15, 0.2) is 35.1 Å². The number of nitrogens with one attached hydrogen (secondary N) is 1. The highest BCUT2D eigenvalue weighted by molar-refractivity contribution is 5.63. The fraction of sp³-hybridized carbons (Fsp3) is 0.267. The number of H-pyrrole nitrogens is 1. The molecule has 3 nitrogen and oxygen atoms in total. The van der Waals surface area contributed by atoms with Gasteiger partial charge in [-0.2, -0.15) is 0 Å². The minimum Gasteiger partial charge on any atom is -0.330 e. The van der Waals surface area contributed by atoms with Crippen molar-refractivity contribution in [2.24, 2.45) is 5.73 Å². The molecule has 3 N–H and O–H groups in total. The quantitative estimate of drug-likeness (QED) is 0.866. The van der Waals surface area contributed by atoms with E-state index in [1.165, 1.54) is 5.56 Å². The number of aryl methyl sites for hydroxylation is 2. The second-order valence-corrected chi connectivity index (χ2v) is 4.56. The van der Waals surface area contributed by atoms with E-state index in [1.54, 1.807) is 0 Å². The van der Waals surface area contributed by atoms with Crippen LogP contribution in [-0.2, 0) is 6.42 Å². The highest BCUT2D eigenvalue weighted by atomic mass is 16.1. The standard InChI is InChI=1S/C15H18N2O/c1-10-9-14(15(18)17-11(10)2)13-5-3-12(4-6-13)7-8-16/h3-6,9H,7-8,16H2,1-2H3,(H,17,18). The number of rotatable bonds is 3. The molecule has 0 bridgehead atoms. The van der Waals surface area contributed by atoms with Crippen LogP contribution in [0.1, 0.15) is 16.8 Å². The molecule has 0 fully saturated rings. The third-order valence-electron chi connectivity index (χ3n) is 3.20. The van der Waals surface area contributed by atoms with Crippen LogP contribution in [0, 0.1) is 13.8 Å². The largest absolute Gasteiger partial charge is 0.330 e. The molecule has 94 valence electrons. The van der Waals surface area contributed by atoms with Gasteiger partial charge in [-0.3, -0.25) is 4.79 Å². The summed E-state index contributed by atoms with van der Waals surface area (Å²) in [5.74, 6) is 0. The lowest BCUT2D eigenvalue weighted by Crippen LogP contribution is -2.11. The van der Waals surface area contributed by atoms with Gasteiger partial charge in [0.1, 0.15) is 0 Å². The van der Waals surface area contributed by atoms with Gasteiger partial charge in [-0.1, -0.05) is 24.3 Å².